The van der Waals surface area contributed by atoms with E-state index in [1.54, 1.807) is 41.3 Å². The van der Waals surface area contributed by atoms with Crippen molar-refractivity contribution in [1.82, 2.24) is 39.5 Å². The Bertz CT molecular complexity index is 897. The topological polar surface area (TPSA) is 107 Å². The summed E-state index contributed by atoms with van der Waals surface area (Å²) in [6.45, 7) is 1.99. The smallest absolute Gasteiger partial charge is 0.244 e. The summed E-state index contributed by atoms with van der Waals surface area (Å²) in [5.41, 5.74) is 2.15. The fourth-order valence-corrected chi connectivity index (χ4v) is 3.19. The molecule has 1 atom stereocenters. The molecule has 0 spiro atoms. The largest absolute Gasteiger partial charge is 0.380 e. The lowest BCUT2D eigenvalue weighted by Gasteiger charge is -2.19. The number of rotatable bonds is 4. The van der Waals surface area contributed by atoms with E-state index in [0.29, 0.717) is 31.0 Å². The van der Waals surface area contributed by atoms with Crippen molar-refractivity contribution >= 4 is 5.91 Å². The number of nitrogens with zero attached hydrogens (tertiary/aromatic N) is 8. The molecular weight excluding hydrogens is 336 g/mol. The lowest BCUT2D eigenvalue weighted by atomic mass is 10.2. The minimum Gasteiger partial charge on any atom is -0.380 e. The number of aryl methyl sites for hydroxylation is 2. The molecule has 0 unspecified atom stereocenters. The maximum Gasteiger partial charge on any atom is 0.244 e. The molecule has 1 N–H and O–H groups in total. The highest BCUT2D eigenvalue weighted by Gasteiger charge is 2.24. The third-order valence-corrected chi connectivity index (χ3v) is 4.57. The van der Waals surface area contributed by atoms with Gasteiger partial charge in [-0.1, -0.05) is 5.21 Å². The number of hydrogen-bond donors (Lipinski definition) is 1. The molecule has 3 aromatic heterocycles. The second-order valence-electron chi connectivity index (χ2n) is 6.34. The van der Waals surface area contributed by atoms with E-state index in [-0.39, 0.29) is 12.5 Å². The Kier molecular flexibility index (Phi) is 4.25. The summed E-state index contributed by atoms with van der Waals surface area (Å²) in [5.74, 6) is -0.0149. The summed E-state index contributed by atoms with van der Waals surface area (Å²) in [5, 5.41) is 26.8. The summed E-state index contributed by atoms with van der Waals surface area (Å²) in [4.78, 5) is 14.3. The molecule has 1 amide bonds. The zero-order valence-corrected chi connectivity index (χ0v) is 14.4. The van der Waals surface area contributed by atoms with Gasteiger partial charge in [-0.15, -0.1) is 5.10 Å². The van der Waals surface area contributed by atoms with Gasteiger partial charge in [0.05, 0.1) is 29.8 Å². The molecule has 0 saturated heterocycles. The molecule has 10 nitrogen and oxygen atoms in total. The van der Waals surface area contributed by atoms with Crippen molar-refractivity contribution in [3.8, 4) is 0 Å². The van der Waals surface area contributed by atoms with Crippen LogP contribution < -0.4 is 0 Å². The van der Waals surface area contributed by atoms with E-state index in [0.717, 1.165) is 12.1 Å². The van der Waals surface area contributed by atoms with Gasteiger partial charge in [0.2, 0.25) is 5.91 Å². The van der Waals surface area contributed by atoms with Crippen LogP contribution in [0.25, 0.3) is 0 Å². The number of carbonyl (C=O) groups excluding carboxylic acids is 1. The van der Waals surface area contributed by atoms with Crippen LogP contribution in [0.5, 0.6) is 0 Å². The highest BCUT2D eigenvalue weighted by molar-refractivity contribution is 5.75. The summed E-state index contributed by atoms with van der Waals surface area (Å²) >= 11 is 0. The van der Waals surface area contributed by atoms with E-state index in [1.807, 2.05) is 10.7 Å². The van der Waals surface area contributed by atoms with Crippen molar-refractivity contribution in [2.75, 3.05) is 6.54 Å². The fourth-order valence-electron chi connectivity index (χ4n) is 3.19. The Morgan fingerprint density at radius 3 is 2.96 bits per heavy atom. The van der Waals surface area contributed by atoms with E-state index < -0.39 is 6.10 Å². The lowest BCUT2D eigenvalue weighted by molar-refractivity contribution is -0.132. The normalized spacial score (nSPS) is 15.5. The predicted octanol–water partition coefficient (Wildman–Crippen LogP) is -0.278. The summed E-state index contributed by atoms with van der Waals surface area (Å²) in [7, 11) is 1.78. The number of aliphatic hydroxyl groups excluding tert-OH is 1. The summed E-state index contributed by atoms with van der Waals surface area (Å²) < 4.78 is 5.02. The third kappa shape index (κ3) is 3.10. The van der Waals surface area contributed by atoms with Crippen LogP contribution in [0, 0.1) is 0 Å². The van der Waals surface area contributed by atoms with Crippen molar-refractivity contribution in [3.05, 3.63) is 47.8 Å². The molecular formula is C16H20N8O2. The van der Waals surface area contributed by atoms with Gasteiger partial charge < -0.3 is 10.0 Å². The van der Waals surface area contributed by atoms with E-state index >= 15 is 0 Å². The first-order chi connectivity index (χ1) is 12.6. The Labute approximate surface area is 149 Å². The third-order valence-electron chi connectivity index (χ3n) is 4.57. The summed E-state index contributed by atoms with van der Waals surface area (Å²) in [6, 6.07) is 3.63. The number of carbonyl (C=O) groups is 1. The highest BCUT2D eigenvalue weighted by atomic mass is 16.3. The Morgan fingerprint density at radius 1 is 1.35 bits per heavy atom. The van der Waals surface area contributed by atoms with Crippen molar-refractivity contribution in [3.63, 3.8) is 0 Å². The van der Waals surface area contributed by atoms with Gasteiger partial charge in [0.15, 0.2) is 0 Å². The second-order valence-corrected chi connectivity index (χ2v) is 6.34. The predicted molar refractivity (Wildman–Crippen MR) is 89.6 cm³/mol. The molecule has 4 heterocycles. The molecule has 4 rings (SSSR count). The first-order valence-electron chi connectivity index (χ1n) is 8.46. The number of fused-ring (bicyclic) bond motifs is 1. The second kappa shape index (κ2) is 6.71. The maximum absolute atomic E-state index is 12.5. The Balaban J connectivity index is 1.52. The minimum absolute atomic E-state index is 0.0149. The van der Waals surface area contributed by atoms with Crippen LogP contribution in [0.2, 0.25) is 0 Å². The summed E-state index contributed by atoms with van der Waals surface area (Å²) in [6.07, 6.45) is 4.82. The van der Waals surface area contributed by atoms with Gasteiger partial charge in [-0.3, -0.25) is 14.2 Å². The van der Waals surface area contributed by atoms with Crippen molar-refractivity contribution in [2.24, 2.45) is 7.05 Å². The molecule has 0 saturated carbocycles. The van der Waals surface area contributed by atoms with E-state index in [2.05, 4.69) is 20.5 Å². The Morgan fingerprint density at radius 2 is 2.23 bits per heavy atom. The fraction of sp³-hybridized carbons (Fsp3) is 0.438. The number of aromatic nitrogens is 7. The molecule has 136 valence electrons. The van der Waals surface area contributed by atoms with E-state index in [9.17, 15) is 9.90 Å². The van der Waals surface area contributed by atoms with Gasteiger partial charge in [0.1, 0.15) is 12.6 Å². The molecule has 0 radical (unpaired) electrons. The molecule has 1 aliphatic rings. The molecule has 26 heavy (non-hydrogen) atoms. The van der Waals surface area contributed by atoms with Gasteiger partial charge in [-0.25, -0.2) is 4.68 Å². The van der Waals surface area contributed by atoms with Crippen LogP contribution in [-0.2, 0) is 31.5 Å². The number of amides is 1. The molecule has 0 fully saturated rings. The van der Waals surface area contributed by atoms with Crippen molar-refractivity contribution in [2.45, 2.75) is 32.2 Å². The lowest BCUT2D eigenvalue weighted by Crippen LogP contribution is -2.33. The Hall–Kier alpha value is -3.01. The van der Waals surface area contributed by atoms with Crippen LogP contribution in [0.15, 0.2) is 30.7 Å². The van der Waals surface area contributed by atoms with Gasteiger partial charge in [0.25, 0.3) is 0 Å². The number of hydrogen-bond acceptors (Lipinski definition) is 6. The highest BCUT2D eigenvalue weighted by Crippen LogP contribution is 2.23. The van der Waals surface area contributed by atoms with Gasteiger partial charge in [-0.05, 0) is 18.6 Å². The zero-order valence-electron chi connectivity index (χ0n) is 14.4. The van der Waals surface area contributed by atoms with E-state index in [4.69, 9.17) is 0 Å². The SMILES string of the molecule is Cn1nccc1[C@@H](O)c1cc2n(n1)CCCN(C(=O)Cn1ccnn1)C2. The number of aliphatic hydroxyl groups is 1. The standard InChI is InChI=1S/C16H20N8O2/c1-21-14(3-4-18-21)16(26)13-9-12-10-22(6-2-7-24(12)19-13)15(25)11-23-8-5-17-20-23/h3-5,8-9,16,26H,2,6-7,10-11H2,1H3/t16-/m0/s1. The van der Waals surface area contributed by atoms with Crippen LogP contribution in [0.1, 0.15) is 29.6 Å². The van der Waals surface area contributed by atoms with Crippen molar-refractivity contribution < 1.29 is 9.90 Å². The van der Waals surface area contributed by atoms with Crippen molar-refractivity contribution in [1.29, 1.82) is 0 Å². The van der Waals surface area contributed by atoms with E-state index in [1.165, 1.54) is 4.68 Å². The average molecular weight is 356 g/mol. The molecule has 0 bridgehead atoms. The molecule has 0 aliphatic carbocycles. The molecule has 1 aliphatic heterocycles. The average Bonchev–Trinajstić information content (AvgIpc) is 3.34. The first kappa shape index (κ1) is 16.5. The van der Waals surface area contributed by atoms with Crippen LogP contribution in [-0.4, -0.2) is 57.0 Å². The molecule has 3 aromatic rings. The van der Waals surface area contributed by atoms with Crippen LogP contribution in [0.3, 0.4) is 0 Å². The zero-order chi connectivity index (χ0) is 18.1. The van der Waals surface area contributed by atoms with Crippen LogP contribution in [0.4, 0.5) is 0 Å². The maximum atomic E-state index is 12.5. The minimum atomic E-state index is -0.846. The first-order valence-corrected chi connectivity index (χ1v) is 8.46. The molecule has 0 aromatic carbocycles. The monoisotopic (exact) mass is 356 g/mol. The molecule has 10 heteroatoms. The quantitative estimate of drug-likeness (QED) is 0.689. The van der Waals surface area contributed by atoms with Crippen LogP contribution >= 0.6 is 0 Å². The van der Waals surface area contributed by atoms with Gasteiger partial charge in [0, 0.05) is 32.5 Å². The van der Waals surface area contributed by atoms with Gasteiger partial charge >= 0.3 is 0 Å². The van der Waals surface area contributed by atoms with Gasteiger partial charge in [-0.2, -0.15) is 10.2 Å².